The van der Waals surface area contributed by atoms with Crippen molar-refractivity contribution in [3.8, 4) is 11.5 Å². The first-order chi connectivity index (χ1) is 17.7. The average molecular weight is 481 g/mol. The van der Waals surface area contributed by atoms with E-state index in [1.165, 1.54) is 11.1 Å². The van der Waals surface area contributed by atoms with E-state index in [-0.39, 0.29) is 12.5 Å². The van der Waals surface area contributed by atoms with Gasteiger partial charge >= 0.3 is 0 Å². The van der Waals surface area contributed by atoms with Crippen LogP contribution in [-0.2, 0) is 17.6 Å². The second kappa shape index (κ2) is 13.6. The number of nitrogens with one attached hydrogen (secondary N) is 2. The molecule has 0 bridgehead atoms. The highest BCUT2D eigenvalue weighted by Crippen LogP contribution is 2.19. The molecule has 0 aliphatic heterocycles. The largest absolute Gasteiger partial charge is 0.494 e. The molecule has 0 atom stereocenters. The molecule has 36 heavy (non-hydrogen) atoms. The smallest absolute Gasteiger partial charge is 0.243 e. The molecule has 0 aliphatic carbocycles. The van der Waals surface area contributed by atoms with Crippen LogP contribution >= 0.6 is 0 Å². The van der Waals surface area contributed by atoms with Crippen LogP contribution in [0, 0.1) is 0 Å². The maximum atomic E-state index is 12.4. The third-order valence-electron chi connectivity index (χ3n) is 5.65. The zero-order chi connectivity index (χ0) is 24.8. The summed E-state index contributed by atoms with van der Waals surface area (Å²) in [5.74, 6) is 1.45. The van der Waals surface area contributed by atoms with E-state index in [1.807, 2.05) is 72.8 Å². The molecule has 0 fully saturated rings. The highest BCUT2D eigenvalue weighted by molar-refractivity contribution is 5.93. The number of ether oxygens (including phenoxy) is 2. The molecule has 0 saturated carbocycles. The van der Waals surface area contributed by atoms with Crippen LogP contribution in [0.1, 0.15) is 17.5 Å². The first kappa shape index (κ1) is 24.9. The molecule has 0 aliphatic rings. The Hall–Kier alpha value is -4.25. The number of hydrogen-bond acceptors (Lipinski definition) is 4. The molecule has 4 aromatic carbocycles. The van der Waals surface area contributed by atoms with Crippen molar-refractivity contribution >= 4 is 17.3 Å². The fourth-order valence-corrected chi connectivity index (χ4v) is 3.76. The van der Waals surface area contributed by atoms with E-state index >= 15 is 0 Å². The van der Waals surface area contributed by atoms with E-state index in [2.05, 4.69) is 47.0 Å². The predicted octanol–water partition coefficient (Wildman–Crippen LogP) is 6.37. The van der Waals surface area contributed by atoms with Gasteiger partial charge in [-0.15, -0.1) is 0 Å². The monoisotopic (exact) mass is 480 g/mol. The topological polar surface area (TPSA) is 59.6 Å². The standard InChI is InChI=1S/C31H32N2O3/c34-31(33-27-16-18-29(19-17-27)36-22-20-26-11-5-2-6-12-26)24-32-28-14-7-15-30(23-28)35-21-8-13-25-9-3-1-4-10-25/h1-7,9-12,14-19,23,32H,8,13,20-22,24H2,(H,33,34). The second-order valence-corrected chi connectivity index (χ2v) is 8.48. The van der Waals surface area contributed by atoms with E-state index in [4.69, 9.17) is 9.47 Å². The lowest BCUT2D eigenvalue weighted by Gasteiger charge is -2.11. The molecule has 0 unspecified atom stereocenters. The summed E-state index contributed by atoms with van der Waals surface area (Å²) in [5.41, 5.74) is 4.13. The summed E-state index contributed by atoms with van der Waals surface area (Å²) >= 11 is 0. The zero-order valence-electron chi connectivity index (χ0n) is 20.4. The molecule has 2 N–H and O–H groups in total. The van der Waals surface area contributed by atoms with Crippen LogP contribution in [0.3, 0.4) is 0 Å². The van der Waals surface area contributed by atoms with Crippen molar-refractivity contribution in [2.45, 2.75) is 19.3 Å². The number of aryl methyl sites for hydroxylation is 1. The molecule has 1 amide bonds. The SMILES string of the molecule is O=C(CNc1cccc(OCCCc2ccccc2)c1)Nc1ccc(OCCc2ccccc2)cc1. The van der Waals surface area contributed by atoms with Gasteiger partial charge in [0.05, 0.1) is 19.8 Å². The minimum absolute atomic E-state index is 0.123. The first-order valence-electron chi connectivity index (χ1n) is 12.3. The number of hydrogen-bond donors (Lipinski definition) is 2. The third kappa shape index (κ3) is 8.51. The van der Waals surface area contributed by atoms with Crippen LogP contribution in [0.5, 0.6) is 11.5 Å². The van der Waals surface area contributed by atoms with Gasteiger partial charge in [-0.25, -0.2) is 0 Å². The Balaban J connectivity index is 1.15. The quantitative estimate of drug-likeness (QED) is 0.218. The number of anilines is 2. The Morgan fingerprint density at radius 1 is 0.611 bits per heavy atom. The Kier molecular flexibility index (Phi) is 9.39. The minimum Gasteiger partial charge on any atom is -0.494 e. The number of carbonyl (C=O) groups is 1. The normalized spacial score (nSPS) is 10.4. The van der Waals surface area contributed by atoms with E-state index < -0.39 is 0 Å². The molecule has 184 valence electrons. The lowest BCUT2D eigenvalue weighted by Crippen LogP contribution is -2.21. The molecular weight excluding hydrogens is 448 g/mol. The van der Waals surface area contributed by atoms with Crippen molar-refractivity contribution in [2.24, 2.45) is 0 Å². The Morgan fingerprint density at radius 2 is 1.28 bits per heavy atom. The van der Waals surface area contributed by atoms with Crippen molar-refractivity contribution in [2.75, 3.05) is 30.4 Å². The molecule has 0 aromatic heterocycles. The summed E-state index contributed by atoms with van der Waals surface area (Å²) in [4.78, 5) is 12.4. The predicted molar refractivity (Wildman–Crippen MR) is 146 cm³/mol. The van der Waals surface area contributed by atoms with Crippen LogP contribution in [-0.4, -0.2) is 25.7 Å². The van der Waals surface area contributed by atoms with Gasteiger partial charge < -0.3 is 20.1 Å². The van der Waals surface area contributed by atoms with Crippen molar-refractivity contribution in [3.05, 3.63) is 120 Å². The Morgan fingerprint density at radius 3 is 2.00 bits per heavy atom. The molecule has 4 aromatic rings. The van der Waals surface area contributed by atoms with Gasteiger partial charge in [-0.3, -0.25) is 4.79 Å². The molecule has 0 radical (unpaired) electrons. The Labute approximate surface area is 213 Å². The molecule has 5 heteroatoms. The van der Waals surface area contributed by atoms with Crippen molar-refractivity contribution in [1.82, 2.24) is 0 Å². The van der Waals surface area contributed by atoms with Gasteiger partial charge in [-0.1, -0.05) is 66.7 Å². The van der Waals surface area contributed by atoms with Crippen LogP contribution in [0.4, 0.5) is 11.4 Å². The van der Waals surface area contributed by atoms with Gasteiger partial charge in [0, 0.05) is 23.9 Å². The van der Waals surface area contributed by atoms with Gasteiger partial charge in [-0.05, 0) is 60.4 Å². The van der Waals surface area contributed by atoms with Gasteiger partial charge in [0.15, 0.2) is 0 Å². The molecule has 0 spiro atoms. The Bertz CT molecular complexity index is 1200. The van der Waals surface area contributed by atoms with Crippen molar-refractivity contribution in [1.29, 1.82) is 0 Å². The molecule has 0 saturated heterocycles. The van der Waals surface area contributed by atoms with E-state index in [9.17, 15) is 4.79 Å². The number of benzene rings is 4. The summed E-state index contributed by atoms with van der Waals surface area (Å²) in [5, 5.41) is 6.06. The van der Waals surface area contributed by atoms with Crippen molar-refractivity contribution < 1.29 is 14.3 Å². The van der Waals surface area contributed by atoms with Crippen molar-refractivity contribution in [3.63, 3.8) is 0 Å². The van der Waals surface area contributed by atoms with Gasteiger partial charge in [0.2, 0.25) is 5.91 Å². The van der Waals surface area contributed by atoms with Crippen LogP contribution in [0.25, 0.3) is 0 Å². The molecule has 0 heterocycles. The van der Waals surface area contributed by atoms with Crippen LogP contribution in [0.15, 0.2) is 109 Å². The second-order valence-electron chi connectivity index (χ2n) is 8.48. The van der Waals surface area contributed by atoms with E-state index in [0.29, 0.717) is 13.2 Å². The summed E-state index contributed by atoms with van der Waals surface area (Å²) in [6, 6.07) is 35.8. The van der Waals surface area contributed by atoms with Crippen LogP contribution in [0.2, 0.25) is 0 Å². The molecular formula is C31H32N2O3. The fraction of sp³-hybridized carbons (Fsp3) is 0.194. The van der Waals surface area contributed by atoms with Gasteiger partial charge in [-0.2, -0.15) is 0 Å². The maximum Gasteiger partial charge on any atom is 0.243 e. The maximum absolute atomic E-state index is 12.4. The number of carbonyl (C=O) groups excluding carboxylic acids is 1. The summed E-state index contributed by atoms with van der Waals surface area (Å²) in [6.45, 7) is 1.41. The average Bonchev–Trinajstić information content (AvgIpc) is 2.92. The summed E-state index contributed by atoms with van der Waals surface area (Å²) in [6.07, 6.45) is 2.78. The van der Waals surface area contributed by atoms with E-state index in [0.717, 1.165) is 42.1 Å². The minimum atomic E-state index is -0.123. The highest BCUT2D eigenvalue weighted by Gasteiger charge is 2.04. The summed E-state index contributed by atoms with van der Waals surface area (Å²) in [7, 11) is 0. The van der Waals surface area contributed by atoms with Crippen LogP contribution < -0.4 is 20.1 Å². The van der Waals surface area contributed by atoms with Gasteiger partial charge in [0.1, 0.15) is 11.5 Å². The fourth-order valence-electron chi connectivity index (χ4n) is 3.76. The third-order valence-corrected chi connectivity index (χ3v) is 5.65. The molecule has 5 nitrogen and oxygen atoms in total. The van der Waals surface area contributed by atoms with E-state index in [1.54, 1.807) is 0 Å². The van der Waals surface area contributed by atoms with Gasteiger partial charge in [0.25, 0.3) is 0 Å². The zero-order valence-corrected chi connectivity index (χ0v) is 20.4. The lowest BCUT2D eigenvalue weighted by atomic mass is 10.1. The lowest BCUT2D eigenvalue weighted by molar-refractivity contribution is -0.114. The number of rotatable bonds is 13. The molecule has 4 rings (SSSR count). The number of amides is 1. The summed E-state index contributed by atoms with van der Waals surface area (Å²) < 4.78 is 11.7. The highest BCUT2D eigenvalue weighted by atomic mass is 16.5. The first-order valence-corrected chi connectivity index (χ1v) is 12.3.